The molecule has 1 aromatic heterocycles. The SMILES string of the molecule is CC(C)(C(=O)NC1c2ccccc2CC1O)n1cc([N+](=O)[O-])cn1. The lowest BCUT2D eigenvalue weighted by Gasteiger charge is -2.27. The largest absolute Gasteiger partial charge is 0.390 e. The van der Waals surface area contributed by atoms with Gasteiger partial charge in [0.1, 0.15) is 17.9 Å². The Morgan fingerprint density at radius 2 is 2.17 bits per heavy atom. The molecule has 0 fully saturated rings. The second kappa shape index (κ2) is 5.72. The molecule has 2 N–H and O–H groups in total. The normalized spacial score (nSPS) is 19.8. The van der Waals surface area contributed by atoms with Crippen molar-refractivity contribution >= 4 is 11.6 Å². The second-order valence-electron chi connectivity index (χ2n) is 6.38. The summed E-state index contributed by atoms with van der Waals surface area (Å²) in [5, 5.41) is 27.8. The van der Waals surface area contributed by atoms with Gasteiger partial charge in [-0.3, -0.25) is 19.6 Å². The molecule has 0 saturated heterocycles. The lowest BCUT2D eigenvalue weighted by Crippen LogP contribution is -2.47. The number of nitro groups is 1. The highest BCUT2D eigenvalue weighted by molar-refractivity contribution is 5.84. The van der Waals surface area contributed by atoms with Gasteiger partial charge in [0.25, 0.3) is 0 Å². The van der Waals surface area contributed by atoms with Crippen LogP contribution in [0.1, 0.15) is 31.0 Å². The highest BCUT2D eigenvalue weighted by Gasteiger charge is 2.38. The summed E-state index contributed by atoms with van der Waals surface area (Å²) in [5.41, 5.74) is 0.580. The number of nitrogens with one attached hydrogen (secondary N) is 1. The Balaban J connectivity index is 1.82. The number of aliphatic hydroxyl groups excluding tert-OH is 1. The molecule has 0 saturated carbocycles. The molecule has 1 amide bonds. The number of hydrogen-bond acceptors (Lipinski definition) is 5. The summed E-state index contributed by atoms with van der Waals surface area (Å²) < 4.78 is 1.26. The molecule has 3 rings (SSSR count). The number of amides is 1. The van der Waals surface area contributed by atoms with E-state index in [0.717, 1.165) is 17.3 Å². The Morgan fingerprint density at radius 3 is 2.83 bits per heavy atom. The van der Waals surface area contributed by atoms with Gasteiger partial charge in [-0.1, -0.05) is 24.3 Å². The van der Waals surface area contributed by atoms with E-state index in [4.69, 9.17) is 0 Å². The molecule has 0 radical (unpaired) electrons. The number of aromatic nitrogens is 2. The first-order valence-corrected chi connectivity index (χ1v) is 7.57. The zero-order chi connectivity index (χ0) is 17.5. The standard InChI is InChI=1S/C16H18N4O4/c1-16(2,19-9-11(8-17-19)20(23)24)15(22)18-14-12-6-4-3-5-10(12)7-13(14)21/h3-6,8-9,13-14,21H,7H2,1-2H3,(H,18,22). The van der Waals surface area contributed by atoms with Crippen molar-refractivity contribution in [1.82, 2.24) is 15.1 Å². The summed E-state index contributed by atoms with van der Waals surface area (Å²) in [6.45, 7) is 3.23. The van der Waals surface area contributed by atoms with Crippen molar-refractivity contribution in [1.29, 1.82) is 0 Å². The van der Waals surface area contributed by atoms with Crippen LogP contribution in [0.4, 0.5) is 5.69 Å². The Bertz CT molecular complexity index is 799. The number of benzene rings is 1. The number of aliphatic hydroxyl groups is 1. The second-order valence-corrected chi connectivity index (χ2v) is 6.38. The van der Waals surface area contributed by atoms with Crippen molar-refractivity contribution in [2.24, 2.45) is 0 Å². The molecule has 1 heterocycles. The van der Waals surface area contributed by atoms with Gasteiger partial charge in [0.05, 0.1) is 17.1 Å². The molecule has 0 spiro atoms. The third kappa shape index (κ3) is 2.65. The number of carbonyl (C=O) groups is 1. The van der Waals surface area contributed by atoms with E-state index in [1.807, 2.05) is 24.3 Å². The van der Waals surface area contributed by atoms with Gasteiger partial charge in [-0.05, 0) is 25.0 Å². The van der Waals surface area contributed by atoms with Crippen LogP contribution in [-0.4, -0.2) is 31.8 Å². The van der Waals surface area contributed by atoms with Crippen LogP contribution in [0.25, 0.3) is 0 Å². The maximum absolute atomic E-state index is 12.7. The van der Waals surface area contributed by atoms with E-state index in [1.54, 1.807) is 13.8 Å². The molecule has 126 valence electrons. The van der Waals surface area contributed by atoms with Crippen LogP contribution in [0.3, 0.4) is 0 Å². The maximum atomic E-state index is 12.7. The summed E-state index contributed by atoms with van der Waals surface area (Å²) >= 11 is 0. The van der Waals surface area contributed by atoms with Crippen molar-refractivity contribution in [2.75, 3.05) is 0 Å². The number of fused-ring (bicyclic) bond motifs is 1. The van der Waals surface area contributed by atoms with Crippen LogP contribution in [0.2, 0.25) is 0 Å². The fourth-order valence-corrected chi connectivity index (χ4v) is 2.88. The predicted octanol–water partition coefficient (Wildman–Crippen LogP) is 1.30. The summed E-state index contributed by atoms with van der Waals surface area (Å²) in [6.07, 6.45) is 2.11. The molecule has 1 aromatic carbocycles. The molecular weight excluding hydrogens is 312 g/mol. The van der Waals surface area contributed by atoms with Crippen molar-refractivity contribution in [3.63, 3.8) is 0 Å². The van der Waals surface area contributed by atoms with E-state index in [0.29, 0.717) is 6.42 Å². The molecule has 1 aliphatic rings. The fourth-order valence-electron chi connectivity index (χ4n) is 2.88. The summed E-state index contributed by atoms with van der Waals surface area (Å²) in [6, 6.07) is 7.05. The molecule has 2 atom stereocenters. The summed E-state index contributed by atoms with van der Waals surface area (Å²) in [7, 11) is 0. The van der Waals surface area contributed by atoms with E-state index in [9.17, 15) is 20.0 Å². The number of nitrogens with zero attached hydrogens (tertiary/aromatic N) is 3. The lowest BCUT2D eigenvalue weighted by atomic mass is 10.0. The number of rotatable bonds is 4. The zero-order valence-corrected chi connectivity index (χ0v) is 13.3. The van der Waals surface area contributed by atoms with Gasteiger partial charge in [0, 0.05) is 6.42 Å². The molecule has 2 unspecified atom stereocenters. The van der Waals surface area contributed by atoms with Gasteiger partial charge in [-0.25, -0.2) is 0 Å². The van der Waals surface area contributed by atoms with Crippen molar-refractivity contribution in [2.45, 2.75) is 38.0 Å². The molecule has 0 bridgehead atoms. The molecule has 8 nitrogen and oxygen atoms in total. The summed E-state index contributed by atoms with van der Waals surface area (Å²) in [5.74, 6) is -0.374. The highest BCUT2D eigenvalue weighted by atomic mass is 16.6. The van der Waals surface area contributed by atoms with Crippen LogP contribution in [-0.2, 0) is 16.8 Å². The van der Waals surface area contributed by atoms with Crippen LogP contribution >= 0.6 is 0 Å². The highest BCUT2D eigenvalue weighted by Crippen LogP contribution is 2.32. The van der Waals surface area contributed by atoms with Crippen LogP contribution in [0.15, 0.2) is 36.7 Å². The average molecular weight is 330 g/mol. The maximum Gasteiger partial charge on any atom is 0.307 e. The van der Waals surface area contributed by atoms with E-state index in [2.05, 4.69) is 10.4 Å². The Morgan fingerprint density at radius 1 is 1.46 bits per heavy atom. The average Bonchev–Trinajstić information content (AvgIpc) is 3.13. The molecular formula is C16H18N4O4. The van der Waals surface area contributed by atoms with Crippen molar-refractivity contribution < 1.29 is 14.8 Å². The van der Waals surface area contributed by atoms with Crippen LogP contribution in [0, 0.1) is 10.1 Å². The molecule has 2 aromatic rings. The van der Waals surface area contributed by atoms with E-state index >= 15 is 0 Å². The van der Waals surface area contributed by atoms with E-state index < -0.39 is 22.6 Å². The Labute approximate surface area is 138 Å². The molecule has 24 heavy (non-hydrogen) atoms. The monoisotopic (exact) mass is 330 g/mol. The molecule has 0 aliphatic heterocycles. The third-order valence-electron chi connectivity index (χ3n) is 4.40. The van der Waals surface area contributed by atoms with Crippen molar-refractivity contribution in [3.05, 3.63) is 57.9 Å². The Hall–Kier alpha value is -2.74. The smallest absolute Gasteiger partial charge is 0.307 e. The van der Waals surface area contributed by atoms with Gasteiger partial charge in [0.2, 0.25) is 5.91 Å². The van der Waals surface area contributed by atoms with E-state index in [1.165, 1.54) is 10.9 Å². The minimum absolute atomic E-state index is 0.179. The van der Waals surface area contributed by atoms with E-state index in [-0.39, 0.29) is 11.6 Å². The first-order valence-electron chi connectivity index (χ1n) is 7.57. The first-order chi connectivity index (χ1) is 11.3. The quantitative estimate of drug-likeness (QED) is 0.648. The first kappa shape index (κ1) is 16.1. The summed E-state index contributed by atoms with van der Waals surface area (Å²) in [4.78, 5) is 22.9. The zero-order valence-electron chi connectivity index (χ0n) is 13.3. The van der Waals surface area contributed by atoms with Crippen LogP contribution in [0.5, 0.6) is 0 Å². The lowest BCUT2D eigenvalue weighted by molar-refractivity contribution is -0.385. The minimum atomic E-state index is -1.13. The van der Waals surface area contributed by atoms with Gasteiger partial charge in [0.15, 0.2) is 0 Å². The van der Waals surface area contributed by atoms with Crippen LogP contribution < -0.4 is 5.32 Å². The van der Waals surface area contributed by atoms with Gasteiger partial charge in [-0.2, -0.15) is 5.10 Å². The Kier molecular flexibility index (Phi) is 3.84. The van der Waals surface area contributed by atoms with Gasteiger partial charge in [-0.15, -0.1) is 0 Å². The molecule has 1 aliphatic carbocycles. The minimum Gasteiger partial charge on any atom is -0.390 e. The third-order valence-corrected chi connectivity index (χ3v) is 4.40. The van der Waals surface area contributed by atoms with Gasteiger partial charge >= 0.3 is 5.69 Å². The fraction of sp³-hybridized carbons (Fsp3) is 0.375. The molecule has 8 heteroatoms. The topological polar surface area (TPSA) is 110 Å². The van der Waals surface area contributed by atoms with Crippen molar-refractivity contribution in [3.8, 4) is 0 Å². The number of hydrogen-bond donors (Lipinski definition) is 2. The predicted molar refractivity (Wildman–Crippen MR) is 85.2 cm³/mol. The van der Waals surface area contributed by atoms with Gasteiger partial charge < -0.3 is 10.4 Å². The number of carbonyl (C=O) groups excluding carboxylic acids is 1.